The van der Waals surface area contributed by atoms with Crippen LogP contribution >= 0.6 is 0 Å². The molecule has 0 aliphatic heterocycles. The molecule has 0 spiro atoms. The van der Waals surface area contributed by atoms with Crippen molar-refractivity contribution in [2.75, 3.05) is 6.61 Å². The summed E-state index contributed by atoms with van der Waals surface area (Å²) in [7, 11) is 0. The molecule has 0 aliphatic carbocycles. The molecule has 1 aromatic rings. The van der Waals surface area contributed by atoms with Gasteiger partial charge in [0.05, 0.1) is 18.8 Å². The van der Waals surface area contributed by atoms with Crippen LogP contribution in [0.2, 0.25) is 0 Å². The van der Waals surface area contributed by atoms with Crippen molar-refractivity contribution >= 4 is 0 Å². The standard InChI is InChI=1S/C11H13N3O4/c1-4-15-7-11(16-5-2,17-6-3)18-10-13-8-12-9-14-10/h4-6,8-9H,1-3,7H2. The van der Waals surface area contributed by atoms with E-state index in [0.717, 1.165) is 12.5 Å². The van der Waals surface area contributed by atoms with Crippen LogP contribution < -0.4 is 4.74 Å². The normalized spacial score (nSPS) is 10.0. The molecule has 1 aromatic heterocycles. The molecule has 0 aromatic carbocycles. The minimum absolute atomic E-state index is 0.00126. The van der Waals surface area contributed by atoms with Crippen molar-refractivity contribution in [1.29, 1.82) is 0 Å². The van der Waals surface area contributed by atoms with E-state index in [9.17, 15) is 0 Å². The van der Waals surface area contributed by atoms with E-state index in [1.54, 1.807) is 0 Å². The molecular weight excluding hydrogens is 238 g/mol. The van der Waals surface area contributed by atoms with E-state index in [2.05, 4.69) is 34.7 Å². The summed E-state index contributed by atoms with van der Waals surface area (Å²) in [6.45, 7) is 10.1. The maximum Gasteiger partial charge on any atom is 0.454 e. The maximum atomic E-state index is 5.36. The molecule has 7 heteroatoms. The summed E-state index contributed by atoms with van der Waals surface area (Å²) in [5.74, 6) is -1.63. The summed E-state index contributed by atoms with van der Waals surface area (Å²) in [6.07, 6.45) is 6.02. The highest BCUT2D eigenvalue weighted by molar-refractivity contribution is 4.90. The first-order chi connectivity index (χ1) is 8.76. The van der Waals surface area contributed by atoms with E-state index in [1.165, 1.54) is 18.9 Å². The Kier molecular flexibility index (Phi) is 5.17. The van der Waals surface area contributed by atoms with Crippen molar-refractivity contribution in [3.05, 3.63) is 51.2 Å². The molecule has 0 saturated heterocycles. The number of ether oxygens (including phenoxy) is 4. The lowest BCUT2D eigenvalue weighted by molar-refractivity contribution is -0.314. The third-order valence-electron chi connectivity index (χ3n) is 1.62. The molecule has 0 amide bonds. The largest absolute Gasteiger partial charge is 0.489 e. The van der Waals surface area contributed by atoms with Crippen molar-refractivity contribution in [2.45, 2.75) is 5.97 Å². The first-order valence-corrected chi connectivity index (χ1v) is 4.87. The molecule has 96 valence electrons. The van der Waals surface area contributed by atoms with Gasteiger partial charge in [0.2, 0.25) is 6.61 Å². The molecule has 0 atom stereocenters. The predicted molar refractivity (Wildman–Crippen MR) is 61.9 cm³/mol. The van der Waals surface area contributed by atoms with Crippen LogP contribution in [0.3, 0.4) is 0 Å². The fourth-order valence-corrected chi connectivity index (χ4v) is 1.01. The summed E-state index contributed by atoms with van der Waals surface area (Å²) in [4.78, 5) is 11.2. The van der Waals surface area contributed by atoms with Crippen LogP contribution in [-0.2, 0) is 14.2 Å². The lowest BCUT2D eigenvalue weighted by Gasteiger charge is -2.29. The van der Waals surface area contributed by atoms with Gasteiger partial charge in [0, 0.05) is 0 Å². The highest BCUT2D eigenvalue weighted by Crippen LogP contribution is 2.19. The number of hydrogen-bond acceptors (Lipinski definition) is 7. The zero-order valence-electron chi connectivity index (χ0n) is 9.69. The van der Waals surface area contributed by atoms with Crippen LogP contribution in [0.15, 0.2) is 51.2 Å². The highest BCUT2D eigenvalue weighted by atomic mass is 16.9. The van der Waals surface area contributed by atoms with Gasteiger partial charge in [-0.3, -0.25) is 0 Å². The first-order valence-electron chi connectivity index (χ1n) is 4.87. The van der Waals surface area contributed by atoms with Gasteiger partial charge in [-0.25, -0.2) is 4.98 Å². The Morgan fingerprint density at radius 3 is 2.17 bits per heavy atom. The van der Waals surface area contributed by atoms with Gasteiger partial charge in [0.15, 0.2) is 0 Å². The second-order valence-electron chi connectivity index (χ2n) is 2.75. The van der Waals surface area contributed by atoms with Crippen LogP contribution in [-0.4, -0.2) is 27.5 Å². The smallest absolute Gasteiger partial charge is 0.454 e. The van der Waals surface area contributed by atoms with E-state index in [0.29, 0.717) is 0 Å². The third kappa shape index (κ3) is 3.78. The van der Waals surface area contributed by atoms with Crippen molar-refractivity contribution in [2.24, 2.45) is 0 Å². The van der Waals surface area contributed by atoms with Gasteiger partial charge in [-0.05, 0) is 0 Å². The van der Waals surface area contributed by atoms with Gasteiger partial charge in [0.1, 0.15) is 12.7 Å². The summed E-state index contributed by atoms with van der Waals surface area (Å²) in [6, 6.07) is 0.00126. The molecule has 0 unspecified atom stereocenters. The average molecular weight is 251 g/mol. The topological polar surface area (TPSA) is 75.6 Å². The second kappa shape index (κ2) is 6.89. The van der Waals surface area contributed by atoms with E-state index in [4.69, 9.17) is 18.9 Å². The fourth-order valence-electron chi connectivity index (χ4n) is 1.01. The van der Waals surface area contributed by atoms with Gasteiger partial charge < -0.3 is 18.9 Å². The van der Waals surface area contributed by atoms with Crippen LogP contribution in [0.5, 0.6) is 6.01 Å². The predicted octanol–water partition coefficient (Wildman–Crippen LogP) is 1.38. The number of nitrogens with zero attached hydrogens (tertiary/aromatic N) is 3. The van der Waals surface area contributed by atoms with Crippen LogP contribution in [0, 0.1) is 0 Å². The minimum Gasteiger partial charge on any atom is -0.489 e. The zero-order chi connectivity index (χ0) is 13.3. The van der Waals surface area contributed by atoms with Gasteiger partial charge in [-0.2, -0.15) is 9.97 Å². The van der Waals surface area contributed by atoms with E-state index in [-0.39, 0.29) is 12.6 Å². The molecule has 0 radical (unpaired) electrons. The molecule has 0 aliphatic rings. The highest BCUT2D eigenvalue weighted by Gasteiger charge is 2.38. The summed E-state index contributed by atoms with van der Waals surface area (Å²) in [5, 5.41) is 0. The third-order valence-corrected chi connectivity index (χ3v) is 1.62. The first kappa shape index (κ1) is 13.5. The van der Waals surface area contributed by atoms with Crippen LogP contribution in [0.25, 0.3) is 0 Å². The van der Waals surface area contributed by atoms with Gasteiger partial charge in [0.25, 0.3) is 0 Å². The number of aromatic nitrogens is 3. The number of hydrogen-bond donors (Lipinski definition) is 0. The summed E-state index contributed by atoms with van der Waals surface area (Å²) < 4.78 is 20.7. The molecule has 0 N–H and O–H groups in total. The fraction of sp³-hybridized carbons (Fsp3) is 0.182. The van der Waals surface area contributed by atoms with E-state index >= 15 is 0 Å². The number of rotatable bonds is 9. The van der Waals surface area contributed by atoms with Crippen molar-refractivity contribution in [3.8, 4) is 6.01 Å². The van der Waals surface area contributed by atoms with Crippen molar-refractivity contribution in [3.63, 3.8) is 0 Å². The molecule has 0 fully saturated rings. The Balaban J connectivity index is 2.88. The molecule has 1 rings (SSSR count). The van der Waals surface area contributed by atoms with Crippen LogP contribution in [0.1, 0.15) is 0 Å². The SMILES string of the molecule is C=COCC(OC=C)(OC=C)Oc1ncncn1. The molecule has 18 heavy (non-hydrogen) atoms. The Morgan fingerprint density at radius 1 is 1.06 bits per heavy atom. The lowest BCUT2D eigenvalue weighted by atomic mass is 10.5. The quantitative estimate of drug-likeness (QED) is 0.484. The van der Waals surface area contributed by atoms with Gasteiger partial charge in [-0.15, -0.1) is 0 Å². The molecule has 1 heterocycles. The Labute approximate surface area is 104 Å². The van der Waals surface area contributed by atoms with E-state index < -0.39 is 5.97 Å². The molecular formula is C11H13N3O4. The van der Waals surface area contributed by atoms with Gasteiger partial charge in [-0.1, -0.05) is 19.7 Å². The average Bonchev–Trinajstić information content (AvgIpc) is 2.38. The van der Waals surface area contributed by atoms with Gasteiger partial charge >= 0.3 is 12.0 Å². The van der Waals surface area contributed by atoms with E-state index in [1.807, 2.05) is 0 Å². The van der Waals surface area contributed by atoms with Crippen LogP contribution in [0.4, 0.5) is 0 Å². The Hall–Kier alpha value is -2.57. The Morgan fingerprint density at radius 2 is 1.67 bits per heavy atom. The second-order valence-corrected chi connectivity index (χ2v) is 2.75. The maximum absolute atomic E-state index is 5.36. The molecule has 7 nitrogen and oxygen atoms in total. The zero-order valence-corrected chi connectivity index (χ0v) is 9.69. The molecule has 0 bridgehead atoms. The molecule has 0 saturated carbocycles. The lowest BCUT2D eigenvalue weighted by Crippen LogP contribution is -2.44. The summed E-state index contributed by atoms with van der Waals surface area (Å²) >= 11 is 0. The monoisotopic (exact) mass is 251 g/mol. The van der Waals surface area contributed by atoms with Crippen molar-refractivity contribution in [1.82, 2.24) is 15.0 Å². The minimum atomic E-state index is -1.63. The summed E-state index contributed by atoms with van der Waals surface area (Å²) in [5.41, 5.74) is 0. The van der Waals surface area contributed by atoms with Crippen molar-refractivity contribution < 1.29 is 18.9 Å². The Bertz CT molecular complexity index is 387.